The summed E-state index contributed by atoms with van der Waals surface area (Å²) in [6, 6.07) is 12.7. The van der Waals surface area contributed by atoms with Gasteiger partial charge in [-0.2, -0.15) is 0 Å². The van der Waals surface area contributed by atoms with Gasteiger partial charge in [0.2, 0.25) is 0 Å². The van der Waals surface area contributed by atoms with Crippen LogP contribution in [0.2, 0.25) is 0 Å². The fraction of sp³-hybridized carbons (Fsp3) is 0.440. The predicted molar refractivity (Wildman–Crippen MR) is 132 cm³/mol. The van der Waals surface area contributed by atoms with Crippen molar-refractivity contribution in [2.24, 2.45) is 5.92 Å². The molecule has 0 spiro atoms. The second-order valence-corrected chi connectivity index (χ2v) is 8.42. The molecule has 0 saturated heterocycles. The Kier molecular flexibility index (Phi) is 10.3. The van der Waals surface area contributed by atoms with E-state index in [1.807, 2.05) is 25.1 Å². The Labute approximate surface area is 196 Å². The molecule has 0 aliphatic carbocycles. The number of rotatable bonds is 11. The van der Waals surface area contributed by atoms with Gasteiger partial charge in [0.25, 0.3) is 5.91 Å². The molecule has 6 nitrogen and oxygen atoms in total. The third-order valence-electron chi connectivity index (χ3n) is 4.89. The number of carbonyl (C=O) groups excluding carboxylic acids is 1. The van der Waals surface area contributed by atoms with Crippen LogP contribution in [-0.4, -0.2) is 30.8 Å². The lowest BCUT2D eigenvalue weighted by Crippen LogP contribution is -2.38. The molecule has 0 aliphatic heterocycles. The largest absolute Gasteiger partial charge is 0.493 e. The third-order valence-corrected chi connectivity index (χ3v) is 5.14. The number of ether oxygens (including phenoxy) is 3. The van der Waals surface area contributed by atoms with Crippen molar-refractivity contribution in [1.82, 2.24) is 10.6 Å². The molecule has 0 bridgehead atoms. The van der Waals surface area contributed by atoms with Gasteiger partial charge in [0.05, 0.1) is 19.8 Å². The van der Waals surface area contributed by atoms with Crippen molar-refractivity contribution in [3.05, 3.63) is 53.6 Å². The number of methoxy groups -OCH3 is 1. The number of thiocarbonyl (C=S) groups is 1. The van der Waals surface area contributed by atoms with Gasteiger partial charge in [0, 0.05) is 12.1 Å². The van der Waals surface area contributed by atoms with E-state index in [9.17, 15) is 4.79 Å². The number of carbonyl (C=O) groups is 1. The first-order valence-corrected chi connectivity index (χ1v) is 11.4. The first-order chi connectivity index (χ1) is 15.3. The standard InChI is InChI=1S/C25H34N2O4S/c1-6-18(4)31-21-10-8-20(9-11-21)24(28)27-25(32)26-16-19-7-12-22(23(15-19)29-5)30-14-13-17(2)3/h7-12,15,17-18H,6,13-14,16H2,1-5H3,(H2,26,27,28,32). The van der Waals surface area contributed by atoms with E-state index in [1.165, 1.54) is 0 Å². The van der Waals surface area contributed by atoms with E-state index < -0.39 is 0 Å². The molecule has 174 valence electrons. The summed E-state index contributed by atoms with van der Waals surface area (Å²) in [5.41, 5.74) is 1.47. The van der Waals surface area contributed by atoms with Crippen molar-refractivity contribution in [3.8, 4) is 17.2 Å². The smallest absolute Gasteiger partial charge is 0.257 e. The Morgan fingerprint density at radius 3 is 2.41 bits per heavy atom. The lowest BCUT2D eigenvalue weighted by Gasteiger charge is -2.14. The molecular weight excluding hydrogens is 424 g/mol. The van der Waals surface area contributed by atoms with Crippen LogP contribution in [0.3, 0.4) is 0 Å². The molecule has 1 amide bonds. The highest BCUT2D eigenvalue weighted by atomic mass is 32.1. The molecule has 1 unspecified atom stereocenters. The minimum Gasteiger partial charge on any atom is -0.493 e. The van der Waals surface area contributed by atoms with E-state index in [-0.39, 0.29) is 17.1 Å². The Bertz CT molecular complexity index is 884. The molecular formula is C25H34N2O4S. The van der Waals surface area contributed by atoms with Crippen molar-refractivity contribution in [3.63, 3.8) is 0 Å². The van der Waals surface area contributed by atoms with Crippen LogP contribution in [0.5, 0.6) is 17.2 Å². The zero-order chi connectivity index (χ0) is 23.5. The van der Waals surface area contributed by atoms with Gasteiger partial charge < -0.3 is 19.5 Å². The van der Waals surface area contributed by atoms with Crippen LogP contribution in [0.4, 0.5) is 0 Å². The van der Waals surface area contributed by atoms with Crippen molar-refractivity contribution in [1.29, 1.82) is 0 Å². The zero-order valence-corrected chi connectivity index (χ0v) is 20.4. The fourth-order valence-corrected chi connectivity index (χ4v) is 2.91. The van der Waals surface area contributed by atoms with Gasteiger partial charge in [-0.15, -0.1) is 0 Å². The van der Waals surface area contributed by atoms with Gasteiger partial charge in [-0.1, -0.05) is 26.8 Å². The average molecular weight is 459 g/mol. The summed E-state index contributed by atoms with van der Waals surface area (Å²) in [6.07, 6.45) is 2.03. The van der Waals surface area contributed by atoms with Gasteiger partial charge in [-0.25, -0.2) is 0 Å². The summed E-state index contributed by atoms with van der Waals surface area (Å²) in [5, 5.41) is 6.01. The summed E-state index contributed by atoms with van der Waals surface area (Å²) < 4.78 is 17.0. The maximum absolute atomic E-state index is 12.4. The van der Waals surface area contributed by atoms with E-state index in [2.05, 4.69) is 31.4 Å². The number of hydrogen-bond acceptors (Lipinski definition) is 5. The molecule has 1 atom stereocenters. The highest BCUT2D eigenvalue weighted by Gasteiger charge is 2.10. The molecule has 32 heavy (non-hydrogen) atoms. The SMILES string of the molecule is CCC(C)Oc1ccc(C(=O)NC(=S)NCc2ccc(OCCC(C)C)c(OC)c2)cc1. The van der Waals surface area contributed by atoms with E-state index >= 15 is 0 Å². The minimum atomic E-state index is -0.274. The van der Waals surface area contributed by atoms with Crippen LogP contribution in [0.1, 0.15) is 56.5 Å². The minimum absolute atomic E-state index is 0.130. The summed E-state index contributed by atoms with van der Waals surface area (Å²) >= 11 is 5.27. The van der Waals surface area contributed by atoms with E-state index in [1.54, 1.807) is 31.4 Å². The molecule has 0 saturated carbocycles. The van der Waals surface area contributed by atoms with E-state index in [4.69, 9.17) is 26.4 Å². The Morgan fingerprint density at radius 1 is 1.06 bits per heavy atom. The van der Waals surface area contributed by atoms with Crippen molar-refractivity contribution < 1.29 is 19.0 Å². The highest BCUT2D eigenvalue weighted by molar-refractivity contribution is 7.80. The predicted octanol–water partition coefficient (Wildman–Crippen LogP) is 5.10. The van der Waals surface area contributed by atoms with Crippen LogP contribution in [0, 0.1) is 5.92 Å². The maximum atomic E-state index is 12.4. The fourth-order valence-electron chi connectivity index (χ4n) is 2.75. The molecule has 0 radical (unpaired) electrons. The zero-order valence-electron chi connectivity index (χ0n) is 19.6. The maximum Gasteiger partial charge on any atom is 0.257 e. The molecule has 0 heterocycles. The van der Waals surface area contributed by atoms with E-state index in [0.717, 1.165) is 24.2 Å². The molecule has 2 aromatic carbocycles. The summed E-state index contributed by atoms with van der Waals surface area (Å²) in [4.78, 5) is 12.4. The Balaban J connectivity index is 1.86. The topological polar surface area (TPSA) is 68.8 Å². The van der Waals surface area contributed by atoms with Crippen LogP contribution in [0.15, 0.2) is 42.5 Å². The normalized spacial score (nSPS) is 11.6. The summed E-state index contributed by atoms with van der Waals surface area (Å²) in [7, 11) is 1.62. The van der Waals surface area contributed by atoms with Crippen molar-refractivity contribution in [2.45, 2.75) is 53.2 Å². The van der Waals surface area contributed by atoms with Crippen molar-refractivity contribution >= 4 is 23.2 Å². The van der Waals surface area contributed by atoms with Gasteiger partial charge in [-0.05, 0) is 79.9 Å². The lowest BCUT2D eigenvalue weighted by atomic mass is 10.1. The van der Waals surface area contributed by atoms with E-state index in [0.29, 0.717) is 36.1 Å². The lowest BCUT2D eigenvalue weighted by molar-refractivity contribution is 0.0976. The van der Waals surface area contributed by atoms with Crippen LogP contribution < -0.4 is 24.8 Å². The summed E-state index contributed by atoms with van der Waals surface area (Å²) in [5.74, 6) is 2.43. The van der Waals surface area contributed by atoms with Gasteiger partial charge in [-0.3, -0.25) is 10.1 Å². The molecule has 0 fully saturated rings. The second-order valence-electron chi connectivity index (χ2n) is 8.01. The van der Waals surface area contributed by atoms with Crippen molar-refractivity contribution in [2.75, 3.05) is 13.7 Å². The van der Waals surface area contributed by atoms with Gasteiger partial charge in [0.1, 0.15) is 5.75 Å². The third kappa shape index (κ3) is 8.38. The Hall–Kier alpha value is -2.80. The quantitative estimate of drug-likeness (QED) is 0.457. The molecule has 0 aliphatic rings. The van der Waals surface area contributed by atoms with Crippen LogP contribution >= 0.6 is 12.2 Å². The van der Waals surface area contributed by atoms with Gasteiger partial charge >= 0.3 is 0 Å². The first-order valence-electron chi connectivity index (χ1n) is 11.0. The first kappa shape index (κ1) is 25.5. The number of amides is 1. The molecule has 2 aromatic rings. The Morgan fingerprint density at radius 2 is 1.78 bits per heavy atom. The number of hydrogen-bond donors (Lipinski definition) is 2. The molecule has 2 N–H and O–H groups in total. The highest BCUT2D eigenvalue weighted by Crippen LogP contribution is 2.28. The number of nitrogens with one attached hydrogen (secondary N) is 2. The average Bonchev–Trinajstić information content (AvgIpc) is 2.78. The monoisotopic (exact) mass is 458 g/mol. The van der Waals surface area contributed by atoms with Crippen LogP contribution in [0.25, 0.3) is 0 Å². The van der Waals surface area contributed by atoms with Crippen LogP contribution in [-0.2, 0) is 6.54 Å². The molecule has 2 rings (SSSR count). The molecule has 7 heteroatoms. The molecule has 0 aromatic heterocycles. The summed E-state index contributed by atoms with van der Waals surface area (Å²) in [6.45, 7) is 9.49. The number of benzene rings is 2. The van der Waals surface area contributed by atoms with Gasteiger partial charge in [0.15, 0.2) is 16.6 Å². The second kappa shape index (κ2) is 12.9.